The summed E-state index contributed by atoms with van der Waals surface area (Å²) in [5.74, 6) is 0.566. The molecule has 3 heteroatoms. The van der Waals surface area contributed by atoms with Crippen molar-refractivity contribution in [2.75, 3.05) is 13.1 Å². The Hall–Kier alpha value is -2.13. The Morgan fingerprint density at radius 1 is 0.920 bits per heavy atom. The predicted molar refractivity (Wildman–Crippen MR) is 99.8 cm³/mol. The lowest BCUT2D eigenvalue weighted by atomic mass is 9.91. The van der Waals surface area contributed by atoms with E-state index in [0.717, 1.165) is 32.4 Å². The van der Waals surface area contributed by atoms with Gasteiger partial charge in [0, 0.05) is 19.0 Å². The highest BCUT2D eigenvalue weighted by Crippen LogP contribution is 2.59. The SMILES string of the molecule is O=C([C@@H]1CC12CCNCC2)N(Cc1ccccc1)Cc1ccccc1. The summed E-state index contributed by atoms with van der Waals surface area (Å²) in [5, 5.41) is 3.42. The molecule has 2 aromatic carbocycles. The second-order valence-corrected chi connectivity index (χ2v) is 7.53. The first-order valence-electron chi connectivity index (χ1n) is 9.34. The normalized spacial score (nSPS) is 21.0. The molecule has 1 saturated carbocycles. The minimum atomic E-state index is 0.224. The van der Waals surface area contributed by atoms with Crippen LogP contribution in [0.4, 0.5) is 0 Å². The number of hydrogen-bond donors (Lipinski definition) is 1. The van der Waals surface area contributed by atoms with Gasteiger partial charge in [-0.15, -0.1) is 0 Å². The number of carbonyl (C=O) groups excluding carboxylic acids is 1. The van der Waals surface area contributed by atoms with Crippen molar-refractivity contribution in [3.63, 3.8) is 0 Å². The summed E-state index contributed by atoms with van der Waals surface area (Å²) in [6, 6.07) is 20.7. The molecule has 1 spiro atoms. The van der Waals surface area contributed by atoms with Gasteiger partial charge in [0.25, 0.3) is 0 Å². The van der Waals surface area contributed by atoms with E-state index >= 15 is 0 Å². The number of benzene rings is 2. The lowest BCUT2D eigenvalue weighted by Gasteiger charge is -2.27. The van der Waals surface area contributed by atoms with Crippen molar-refractivity contribution in [1.29, 1.82) is 0 Å². The van der Waals surface area contributed by atoms with E-state index < -0.39 is 0 Å². The lowest BCUT2D eigenvalue weighted by Crippen LogP contribution is -2.36. The van der Waals surface area contributed by atoms with Gasteiger partial charge in [0.2, 0.25) is 5.91 Å². The van der Waals surface area contributed by atoms with Crippen molar-refractivity contribution in [1.82, 2.24) is 10.2 Å². The molecule has 3 nitrogen and oxygen atoms in total. The van der Waals surface area contributed by atoms with Crippen LogP contribution in [0.5, 0.6) is 0 Å². The summed E-state index contributed by atoms with van der Waals surface area (Å²) < 4.78 is 0. The Morgan fingerprint density at radius 2 is 1.44 bits per heavy atom. The molecule has 2 aliphatic rings. The third-order valence-electron chi connectivity index (χ3n) is 5.83. The molecule has 1 N–H and O–H groups in total. The van der Waals surface area contributed by atoms with Gasteiger partial charge in [0.15, 0.2) is 0 Å². The third kappa shape index (κ3) is 3.62. The van der Waals surface area contributed by atoms with Crippen molar-refractivity contribution in [2.45, 2.75) is 32.4 Å². The van der Waals surface area contributed by atoms with Crippen LogP contribution in [0.3, 0.4) is 0 Å². The van der Waals surface area contributed by atoms with Gasteiger partial charge in [-0.2, -0.15) is 0 Å². The highest BCUT2D eigenvalue weighted by Gasteiger charge is 2.58. The lowest BCUT2D eigenvalue weighted by molar-refractivity contribution is -0.135. The number of piperidine rings is 1. The van der Waals surface area contributed by atoms with E-state index in [0.29, 0.717) is 19.0 Å². The van der Waals surface area contributed by atoms with Crippen LogP contribution in [-0.2, 0) is 17.9 Å². The Bertz CT molecular complexity index is 666. The van der Waals surface area contributed by atoms with Crippen molar-refractivity contribution in [2.24, 2.45) is 11.3 Å². The molecule has 1 saturated heterocycles. The van der Waals surface area contributed by atoms with Crippen molar-refractivity contribution in [3.05, 3.63) is 71.8 Å². The van der Waals surface area contributed by atoms with Gasteiger partial charge in [0.05, 0.1) is 0 Å². The number of nitrogens with zero attached hydrogens (tertiary/aromatic N) is 1. The molecular weight excluding hydrogens is 308 g/mol. The van der Waals surface area contributed by atoms with Crippen LogP contribution in [0.15, 0.2) is 60.7 Å². The molecule has 0 radical (unpaired) electrons. The quantitative estimate of drug-likeness (QED) is 0.906. The van der Waals surface area contributed by atoms with Gasteiger partial charge in [-0.05, 0) is 48.9 Å². The molecule has 130 valence electrons. The fourth-order valence-corrected chi connectivity index (χ4v) is 4.21. The average Bonchev–Trinajstić information content (AvgIpc) is 3.35. The molecule has 1 atom stereocenters. The van der Waals surface area contributed by atoms with E-state index in [1.165, 1.54) is 11.1 Å². The van der Waals surface area contributed by atoms with Crippen LogP contribution in [-0.4, -0.2) is 23.9 Å². The Kier molecular flexibility index (Phi) is 4.58. The molecule has 2 fully saturated rings. The van der Waals surface area contributed by atoms with E-state index in [9.17, 15) is 4.79 Å². The van der Waals surface area contributed by atoms with E-state index in [-0.39, 0.29) is 11.3 Å². The van der Waals surface area contributed by atoms with Crippen molar-refractivity contribution >= 4 is 5.91 Å². The average molecular weight is 334 g/mol. The molecule has 25 heavy (non-hydrogen) atoms. The molecule has 1 amide bonds. The zero-order chi connectivity index (χ0) is 17.1. The minimum absolute atomic E-state index is 0.224. The first kappa shape index (κ1) is 16.3. The summed E-state index contributed by atoms with van der Waals surface area (Å²) in [7, 11) is 0. The molecule has 0 unspecified atom stereocenters. The van der Waals surface area contributed by atoms with Gasteiger partial charge in [-0.1, -0.05) is 60.7 Å². The number of hydrogen-bond acceptors (Lipinski definition) is 2. The first-order chi connectivity index (χ1) is 12.3. The van der Waals surface area contributed by atoms with Gasteiger partial charge in [-0.25, -0.2) is 0 Å². The monoisotopic (exact) mass is 334 g/mol. The van der Waals surface area contributed by atoms with E-state index in [2.05, 4.69) is 34.5 Å². The highest BCUT2D eigenvalue weighted by molar-refractivity contribution is 5.82. The Morgan fingerprint density at radius 3 is 1.96 bits per heavy atom. The fraction of sp³-hybridized carbons (Fsp3) is 0.409. The Labute approximate surface area is 150 Å². The maximum Gasteiger partial charge on any atom is 0.226 e. The molecule has 2 aromatic rings. The summed E-state index contributed by atoms with van der Waals surface area (Å²) in [5.41, 5.74) is 2.69. The molecule has 4 rings (SSSR count). The Balaban J connectivity index is 1.51. The van der Waals surface area contributed by atoms with Crippen LogP contribution in [0.2, 0.25) is 0 Å². The molecule has 0 bridgehead atoms. The van der Waals surface area contributed by atoms with Crippen LogP contribution in [0.1, 0.15) is 30.4 Å². The highest BCUT2D eigenvalue weighted by atomic mass is 16.2. The topological polar surface area (TPSA) is 32.3 Å². The molecule has 1 aliphatic carbocycles. The molecule has 1 aliphatic heterocycles. The van der Waals surface area contributed by atoms with Crippen LogP contribution >= 0.6 is 0 Å². The van der Waals surface area contributed by atoms with E-state index in [1.54, 1.807) is 0 Å². The van der Waals surface area contributed by atoms with Gasteiger partial charge in [-0.3, -0.25) is 4.79 Å². The first-order valence-corrected chi connectivity index (χ1v) is 9.34. The minimum Gasteiger partial charge on any atom is -0.334 e. The van der Waals surface area contributed by atoms with E-state index in [1.807, 2.05) is 36.4 Å². The third-order valence-corrected chi connectivity index (χ3v) is 5.83. The smallest absolute Gasteiger partial charge is 0.226 e. The molecule has 0 aromatic heterocycles. The summed E-state index contributed by atoms with van der Waals surface area (Å²) in [6.45, 7) is 3.50. The summed E-state index contributed by atoms with van der Waals surface area (Å²) in [4.78, 5) is 15.4. The standard InChI is InChI=1S/C22H26N2O/c25-21(20-15-22(20)11-13-23-14-12-22)24(16-18-7-3-1-4-8-18)17-19-9-5-2-6-10-19/h1-10,20,23H,11-17H2/t20-/m0/s1. The van der Waals surface area contributed by atoms with E-state index in [4.69, 9.17) is 0 Å². The van der Waals surface area contributed by atoms with Gasteiger partial charge >= 0.3 is 0 Å². The maximum absolute atomic E-state index is 13.3. The zero-order valence-corrected chi connectivity index (χ0v) is 14.7. The van der Waals surface area contributed by atoms with Crippen molar-refractivity contribution in [3.8, 4) is 0 Å². The molecular formula is C22H26N2O. The fourth-order valence-electron chi connectivity index (χ4n) is 4.21. The second-order valence-electron chi connectivity index (χ2n) is 7.53. The summed E-state index contributed by atoms with van der Waals surface area (Å²) >= 11 is 0. The zero-order valence-electron chi connectivity index (χ0n) is 14.7. The van der Waals surface area contributed by atoms with Crippen LogP contribution in [0.25, 0.3) is 0 Å². The van der Waals surface area contributed by atoms with Crippen LogP contribution < -0.4 is 5.32 Å². The second kappa shape index (κ2) is 7.01. The number of carbonyl (C=O) groups is 1. The largest absolute Gasteiger partial charge is 0.334 e. The summed E-state index contributed by atoms with van der Waals surface area (Å²) in [6.07, 6.45) is 3.37. The van der Waals surface area contributed by atoms with Crippen molar-refractivity contribution < 1.29 is 4.79 Å². The number of nitrogens with one attached hydrogen (secondary N) is 1. The molecule has 1 heterocycles. The van der Waals surface area contributed by atoms with Gasteiger partial charge < -0.3 is 10.2 Å². The number of amides is 1. The number of rotatable bonds is 5. The van der Waals surface area contributed by atoms with Crippen LogP contribution in [0, 0.1) is 11.3 Å². The maximum atomic E-state index is 13.3. The predicted octanol–water partition coefficient (Wildman–Crippen LogP) is 3.61. The van der Waals surface area contributed by atoms with Gasteiger partial charge in [0.1, 0.15) is 0 Å².